The summed E-state index contributed by atoms with van der Waals surface area (Å²) in [6.45, 7) is -0.369. The van der Waals surface area contributed by atoms with Crippen LogP contribution in [0.5, 0.6) is 5.75 Å². The lowest BCUT2D eigenvalue weighted by Gasteiger charge is -2.10. The van der Waals surface area contributed by atoms with E-state index < -0.39 is 23.6 Å². The van der Waals surface area contributed by atoms with E-state index in [1.54, 1.807) is 12.1 Å². The van der Waals surface area contributed by atoms with Crippen molar-refractivity contribution in [1.82, 2.24) is 0 Å². The second kappa shape index (κ2) is 7.69. The number of carbonyl (C=O) groups is 2. The number of amides is 1. The molecule has 5 nitrogen and oxygen atoms in total. The van der Waals surface area contributed by atoms with Crippen molar-refractivity contribution >= 4 is 17.6 Å². The lowest BCUT2D eigenvalue weighted by atomic mass is 10.2. The van der Waals surface area contributed by atoms with Gasteiger partial charge in [-0.05, 0) is 42.5 Å². The van der Waals surface area contributed by atoms with E-state index in [4.69, 9.17) is 4.74 Å². The molecule has 0 aliphatic carbocycles. The zero-order valence-electron chi connectivity index (χ0n) is 13.1. The zero-order chi connectivity index (χ0) is 18.4. The summed E-state index contributed by atoms with van der Waals surface area (Å²) < 4.78 is 47.2. The number of benzene rings is 2. The molecular formula is C17H14F3NO4. The molecule has 0 saturated carbocycles. The number of nitrogens with one attached hydrogen (secondary N) is 1. The molecule has 0 aliphatic rings. The highest BCUT2D eigenvalue weighted by Crippen LogP contribution is 2.29. The number of ether oxygens (including phenoxy) is 2. The number of alkyl halides is 3. The summed E-state index contributed by atoms with van der Waals surface area (Å²) in [5.41, 5.74) is -0.325. The van der Waals surface area contributed by atoms with Crippen LogP contribution in [0.1, 0.15) is 15.9 Å². The van der Waals surface area contributed by atoms with Crippen LogP contribution in [-0.2, 0) is 15.7 Å². The number of carbonyl (C=O) groups excluding carboxylic acids is 2. The van der Waals surface area contributed by atoms with E-state index in [9.17, 15) is 22.8 Å². The van der Waals surface area contributed by atoms with E-state index in [2.05, 4.69) is 10.1 Å². The maximum atomic E-state index is 12.5. The third-order valence-electron chi connectivity index (χ3n) is 3.12. The highest BCUT2D eigenvalue weighted by Gasteiger charge is 2.29. The van der Waals surface area contributed by atoms with Gasteiger partial charge in [0.1, 0.15) is 5.75 Å². The maximum Gasteiger partial charge on any atom is 0.416 e. The predicted octanol–water partition coefficient (Wildman–Crippen LogP) is 3.51. The monoisotopic (exact) mass is 353 g/mol. The summed E-state index contributed by atoms with van der Waals surface area (Å²) in [5, 5.41) is 2.42. The summed E-state index contributed by atoms with van der Waals surface area (Å²) in [6, 6.07) is 10.1. The summed E-state index contributed by atoms with van der Waals surface area (Å²) >= 11 is 0. The van der Waals surface area contributed by atoms with Gasteiger partial charge in [-0.2, -0.15) is 13.2 Å². The molecule has 0 aromatic heterocycles. The van der Waals surface area contributed by atoms with E-state index in [0.29, 0.717) is 0 Å². The number of rotatable bonds is 5. The molecule has 2 aromatic rings. The first-order chi connectivity index (χ1) is 11.8. The standard InChI is InChI=1S/C17H14F3NO4/c1-24-16(23)11-3-2-4-14(9-11)25-10-15(22)21-13-7-5-12(6-8-13)17(18,19)20/h2-9H,10H2,1H3,(H,21,22). The van der Waals surface area contributed by atoms with Crippen molar-refractivity contribution in [3.63, 3.8) is 0 Å². The molecule has 0 spiro atoms. The highest BCUT2D eigenvalue weighted by atomic mass is 19.4. The van der Waals surface area contributed by atoms with Gasteiger partial charge in [0.05, 0.1) is 18.2 Å². The van der Waals surface area contributed by atoms with Crippen molar-refractivity contribution < 1.29 is 32.2 Å². The van der Waals surface area contributed by atoms with Gasteiger partial charge < -0.3 is 14.8 Å². The SMILES string of the molecule is COC(=O)c1cccc(OCC(=O)Nc2ccc(C(F)(F)F)cc2)c1. The molecule has 0 aliphatic heterocycles. The van der Waals surface area contributed by atoms with E-state index in [-0.39, 0.29) is 23.6 Å². The Morgan fingerprint density at radius 2 is 1.76 bits per heavy atom. The first-order valence-electron chi connectivity index (χ1n) is 7.08. The Morgan fingerprint density at radius 3 is 2.36 bits per heavy atom. The van der Waals surface area contributed by atoms with Gasteiger partial charge in [-0.15, -0.1) is 0 Å². The molecule has 0 heterocycles. The van der Waals surface area contributed by atoms with Crippen molar-refractivity contribution in [3.05, 3.63) is 59.7 Å². The third-order valence-corrected chi connectivity index (χ3v) is 3.12. The van der Waals surface area contributed by atoms with Gasteiger partial charge >= 0.3 is 12.1 Å². The molecule has 1 N–H and O–H groups in total. The average molecular weight is 353 g/mol. The maximum absolute atomic E-state index is 12.5. The van der Waals surface area contributed by atoms with Crippen molar-refractivity contribution in [1.29, 1.82) is 0 Å². The van der Waals surface area contributed by atoms with Crippen molar-refractivity contribution in [2.24, 2.45) is 0 Å². The zero-order valence-corrected chi connectivity index (χ0v) is 13.1. The van der Waals surface area contributed by atoms with Crippen LogP contribution in [0.3, 0.4) is 0 Å². The van der Waals surface area contributed by atoms with Gasteiger partial charge in [-0.1, -0.05) is 6.07 Å². The summed E-state index contributed by atoms with van der Waals surface area (Å²) in [7, 11) is 1.24. The first-order valence-corrected chi connectivity index (χ1v) is 7.08. The van der Waals surface area contributed by atoms with Crippen LogP contribution in [0.15, 0.2) is 48.5 Å². The van der Waals surface area contributed by atoms with E-state index in [1.165, 1.54) is 19.2 Å². The summed E-state index contributed by atoms with van der Waals surface area (Å²) in [4.78, 5) is 23.2. The molecule has 1 amide bonds. The number of halogens is 3. The second-order valence-corrected chi connectivity index (χ2v) is 4.93. The van der Waals surface area contributed by atoms with Gasteiger partial charge in [0.15, 0.2) is 6.61 Å². The Balaban J connectivity index is 1.92. The molecule has 2 aromatic carbocycles. The molecule has 132 valence electrons. The van der Waals surface area contributed by atoms with Gasteiger partial charge in [-0.25, -0.2) is 4.79 Å². The number of esters is 1. The first kappa shape index (κ1) is 18.3. The minimum Gasteiger partial charge on any atom is -0.484 e. The molecule has 0 unspecified atom stereocenters. The smallest absolute Gasteiger partial charge is 0.416 e. The molecule has 8 heteroatoms. The van der Waals surface area contributed by atoms with Crippen LogP contribution in [-0.4, -0.2) is 25.6 Å². The molecule has 25 heavy (non-hydrogen) atoms. The van der Waals surface area contributed by atoms with Gasteiger partial charge in [0.25, 0.3) is 5.91 Å². The van der Waals surface area contributed by atoms with Crippen LogP contribution in [0.4, 0.5) is 18.9 Å². The molecule has 0 saturated heterocycles. The van der Waals surface area contributed by atoms with Crippen molar-refractivity contribution in [2.45, 2.75) is 6.18 Å². The molecule has 0 atom stereocenters. The van der Waals surface area contributed by atoms with E-state index in [1.807, 2.05) is 0 Å². The Kier molecular flexibility index (Phi) is 5.63. The number of anilines is 1. The second-order valence-electron chi connectivity index (χ2n) is 4.93. The third kappa shape index (κ3) is 5.23. The van der Waals surface area contributed by atoms with Crippen LogP contribution in [0.25, 0.3) is 0 Å². The average Bonchev–Trinajstić information content (AvgIpc) is 2.59. The van der Waals surface area contributed by atoms with Crippen LogP contribution >= 0.6 is 0 Å². The highest BCUT2D eigenvalue weighted by molar-refractivity contribution is 5.92. The number of methoxy groups -OCH3 is 1. The predicted molar refractivity (Wildman–Crippen MR) is 83.4 cm³/mol. The molecular weight excluding hydrogens is 339 g/mol. The number of hydrogen-bond donors (Lipinski definition) is 1. The molecule has 0 fully saturated rings. The van der Waals surface area contributed by atoms with Gasteiger partial charge in [0.2, 0.25) is 0 Å². The molecule has 0 bridgehead atoms. The lowest BCUT2D eigenvalue weighted by Crippen LogP contribution is -2.20. The quantitative estimate of drug-likeness (QED) is 0.836. The van der Waals surface area contributed by atoms with Crippen LogP contribution in [0.2, 0.25) is 0 Å². The fourth-order valence-corrected chi connectivity index (χ4v) is 1.92. The topological polar surface area (TPSA) is 64.6 Å². The summed E-state index contributed by atoms with van der Waals surface area (Å²) in [5.74, 6) is -0.812. The Bertz CT molecular complexity index is 757. The Hall–Kier alpha value is -3.03. The molecule has 2 rings (SSSR count). The van der Waals surface area contributed by atoms with Crippen LogP contribution < -0.4 is 10.1 Å². The van der Waals surface area contributed by atoms with Crippen LogP contribution in [0, 0.1) is 0 Å². The minimum absolute atomic E-state index is 0.213. The van der Waals surface area contributed by atoms with Gasteiger partial charge in [-0.3, -0.25) is 4.79 Å². The summed E-state index contributed by atoms with van der Waals surface area (Å²) in [6.07, 6.45) is -4.43. The fourth-order valence-electron chi connectivity index (χ4n) is 1.92. The minimum atomic E-state index is -4.43. The normalized spacial score (nSPS) is 10.9. The fraction of sp³-hybridized carbons (Fsp3) is 0.176. The largest absolute Gasteiger partial charge is 0.484 e. The lowest BCUT2D eigenvalue weighted by molar-refractivity contribution is -0.137. The Morgan fingerprint density at radius 1 is 1.08 bits per heavy atom. The van der Waals surface area contributed by atoms with E-state index in [0.717, 1.165) is 24.3 Å². The van der Waals surface area contributed by atoms with E-state index >= 15 is 0 Å². The van der Waals surface area contributed by atoms with Gasteiger partial charge in [0, 0.05) is 5.69 Å². The number of hydrogen-bond acceptors (Lipinski definition) is 4. The van der Waals surface area contributed by atoms with Crippen molar-refractivity contribution in [3.8, 4) is 5.75 Å². The molecule has 0 radical (unpaired) electrons. The Labute approximate surface area is 141 Å². The van der Waals surface area contributed by atoms with Crippen molar-refractivity contribution in [2.75, 3.05) is 19.0 Å².